The van der Waals surface area contributed by atoms with Crippen molar-refractivity contribution in [3.05, 3.63) is 35.4 Å². The van der Waals surface area contributed by atoms with Gasteiger partial charge in [-0.25, -0.2) is 0 Å². The Morgan fingerprint density at radius 1 is 1.22 bits per heavy atom. The van der Waals surface area contributed by atoms with Gasteiger partial charge in [0.1, 0.15) is 0 Å². The molecule has 1 saturated heterocycles. The van der Waals surface area contributed by atoms with Crippen molar-refractivity contribution < 1.29 is 0 Å². The van der Waals surface area contributed by atoms with Gasteiger partial charge in [0, 0.05) is 25.7 Å². The molecule has 0 spiro atoms. The van der Waals surface area contributed by atoms with Crippen molar-refractivity contribution in [2.45, 2.75) is 52.2 Å². The van der Waals surface area contributed by atoms with E-state index in [1.165, 1.54) is 36.9 Å². The van der Waals surface area contributed by atoms with E-state index in [0.717, 1.165) is 12.5 Å². The van der Waals surface area contributed by atoms with Crippen molar-refractivity contribution in [2.75, 3.05) is 6.54 Å². The Labute approximate surface area is 111 Å². The summed E-state index contributed by atoms with van der Waals surface area (Å²) in [5, 5.41) is 0. The topological polar surface area (TPSA) is 29.3 Å². The number of nitrogens with zero attached hydrogens (tertiary/aromatic N) is 1. The first-order valence-electron chi connectivity index (χ1n) is 7.25. The molecule has 0 aromatic heterocycles. The van der Waals surface area contributed by atoms with Crippen LogP contribution in [0.25, 0.3) is 0 Å². The lowest BCUT2D eigenvalue weighted by atomic mass is 9.91. The molecule has 1 heterocycles. The summed E-state index contributed by atoms with van der Waals surface area (Å²) in [6, 6.07) is 9.30. The minimum absolute atomic E-state index is 0.648. The van der Waals surface area contributed by atoms with E-state index in [1.807, 2.05) is 0 Å². The molecule has 1 aliphatic rings. The first kappa shape index (κ1) is 13.6. The van der Waals surface area contributed by atoms with Crippen molar-refractivity contribution in [2.24, 2.45) is 11.7 Å². The fourth-order valence-corrected chi connectivity index (χ4v) is 2.95. The van der Waals surface area contributed by atoms with Crippen molar-refractivity contribution in [3.8, 4) is 0 Å². The lowest BCUT2D eigenvalue weighted by Crippen LogP contribution is -2.41. The average molecular weight is 246 g/mol. The van der Waals surface area contributed by atoms with E-state index < -0.39 is 0 Å². The monoisotopic (exact) mass is 246 g/mol. The summed E-state index contributed by atoms with van der Waals surface area (Å²) in [6.07, 6.45) is 4.04. The zero-order chi connectivity index (χ0) is 13.0. The highest BCUT2D eigenvalue weighted by Crippen LogP contribution is 2.26. The number of hydrogen-bond acceptors (Lipinski definition) is 2. The molecule has 2 N–H and O–H groups in total. The molecule has 18 heavy (non-hydrogen) atoms. The molecule has 0 saturated carbocycles. The molecule has 1 aromatic carbocycles. The number of likely N-dealkylation sites (tertiary alicyclic amines) is 1. The second-order valence-corrected chi connectivity index (χ2v) is 5.60. The van der Waals surface area contributed by atoms with Gasteiger partial charge in [-0.1, -0.05) is 37.6 Å². The average Bonchev–Trinajstić information content (AvgIpc) is 2.42. The smallest absolute Gasteiger partial charge is 0.0239 e. The highest BCUT2D eigenvalue weighted by atomic mass is 15.2. The van der Waals surface area contributed by atoms with Crippen LogP contribution in [0.5, 0.6) is 0 Å². The Morgan fingerprint density at radius 2 is 1.94 bits per heavy atom. The normalized spacial score (nSPS) is 25.3. The molecular weight excluding hydrogens is 220 g/mol. The van der Waals surface area contributed by atoms with E-state index in [2.05, 4.69) is 43.0 Å². The summed E-state index contributed by atoms with van der Waals surface area (Å²) in [5.74, 6) is 0.881. The highest BCUT2D eigenvalue weighted by molar-refractivity contribution is 5.26. The molecule has 2 nitrogen and oxygen atoms in total. The molecule has 2 rings (SSSR count). The number of nitrogens with two attached hydrogens (primary N) is 1. The first-order valence-corrected chi connectivity index (χ1v) is 7.25. The maximum atomic E-state index is 5.83. The van der Waals surface area contributed by atoms with Crippen LogP contribution in [0.15, 0.2) is 24.3 Å². The second-order valence-electron chi connectivity index (χ2n) is 5.60. The van der Waals surface area contributed by atoms with Gasteiger partial charge in [0.05, 0.1) is 0 Å². The summed E-state index contributed by atoms with van der Waals surface area (Å²) in [4.78, 5) is 2.63. The van der Waals surface area contributed by atoms with Crippen LogP contribution in [0.2, 0.25) is 0 Å². The number of rotatable bonds is 4. The van der Waals surface area contributed by atoms with Crippen molar-refractivity contribution >= 4 is 0 Å². The van der Waals surface area contributed by atoms with E-state index in [9.17, 15) is 0 Å². The molecular formula is C16H26N2. The fourth-order valence-electron chi connectivity index (χ4n) is 2.95. The van der Waals surface area contributed by atoms with E-state index in [0.29, 0.717) is 12.6 Å². The van der Waals surface area contributed by atoms with E-state index in [4.69, 9.17) is 5.73 Å². The standard InChI is InChI=1S/C16H26N2/c1-3-14-9-8-13(2)18(11-14)12-16-7-5-4-6-15(16)10-17/h4-7,13-14H,3,8-12,17H2,1-2H3. The molecule has 0 bridgehead atoms. The Balaban J connectivity index is 2.07. The third kappa shape index (κ3) is 3.12. The van der Waals surface area contributed by atoms with Crippen LogP contribution in [0.1, 0.15) is 44.2 Å². The first-order chi connectivity index (χ1) is 8.74. The van der Waals surface area contributed by atoms with Gasteiger partial charge in [0.15, 0.2) is 0 Å². The number of hydrogen-bond donors (Lipinski definition) is 1. The predicted molar refractivity (Wildman–Crippen MR) is 77.2 cm³/mol. The molecule has 2 atom stereocenters. The lowest BCUT2D eigenvalue weighted by molar-refractivity contribution is 0.108. The van der Waals surface area contributed by atoms with Gasteiger partial charge >= 0.3 is 0 Å². The summed E-state index contributed by atoms with van der Waals surface area (Å²) in [7, 11) is 0. The summed E-state index contributed by atoms with van der Waals surface area (Å²) in [6.45, 7) is 7.63. The molecule has 2 heteroatoms. The lowest BCUT2D eigenvalue weighted by Gasteiger charge is -2.38. The summed E-state index contributed by atoms with van der Waals surface area (Å²) in [5.41, 5.74) is 8.53. The van der Waals surface area contributed by atoms with E-state index in [-0.39, 0.29) is 0 Å². The molecule has 1 aromatic rings. The second kappa shape index (κ2) is 6.35. The van der Waals surface area contributed by atoms with Gasteiger partial charge < -0.3 is 5.73 Å². The molecule has 100 valence electrons. The third-order valence-corrected chi connectivity index (χ3v) is 4.40. The number of piperidine rings is 1. The third-order valence-electron chi connectivity index (χ3n) is 4.40. The van der Waals surface area contributed by atoms with Crippen LogP contribution in [-0.4, -0.2) is 17.5 Å². The van der Waals surface area contributed by atoms with E-state index >= 15 is 0 Å². The molecule has 2 unspecified atom stereocenters. The van der Waals surface area contributed by atoms with Crippen LogP contribution in [0, 0.1) is 5.92 Å². The largest absolute Gasteiger partial charge is 0.326 e. The van der Waals surface area contributed by atoms with Gasteiger partial charge in [0.2, 0.25) is 0 Å². The fraction of sp³-hybridized carbons (Fsp3) is 0.625. The van der Waals surface area contributed by atoms with Crippen LogP contribution >= 0.6 is 0 Å². The van der Waals surface area contributed by atoms with Crippen LogP contribution in [0.4, 0.5) is 0 Å². The molecule has 0 radical (unpaired) electrons. The minimum atomic E-state index is 0.648. The highest BCUT2D eigenvalue weighted by Gasteiger charge is 2.24. The predicted octanol–water partition coefficient (Wildman–Crippen LogP) is 3.16. The Hall–Kier alpha value is -0.860. The molecule has 0 aliphatic carbocycles. The van der Waals surface area contributed by atoms with Gasteiger partial charge in [-0.05, 0) is 36.8 Å². The maximum Gasteiger partial charge on any atom is 0.0239 e. The summed E-state index contributed by atoms with van der Waals surface area (Å²) < 4.78 is 0. The SMILES string of the molecule is CCC1CCC(C)N(Cc2ccccc2CN)C1. The van der Waals surface area contributed by atoms with Crippen LogP contribution in [0.3, 0.4) is 0 Å². The maximum absolute atomic E-state index is 5.83. The van der Waals surface area contributed by atoms with Gasteiger partial charge in [-0.2, -0.15) is 0 Å². The van der Waals surface area contributed by atoms with Gasteiger partial charge in [-0.15, -0.1) is 0 Å². The quantitative estimate of drug-likeness (QED) is 0.884. The van der Waals surface area contributed by atoms with E-state index in [1.54, 1.807) is 0 Å². The summed E-state index contributed by atoms with van der Waals surface area (Å²) >= 11 is 0. The van der Waals surface area contributed by atoms with Crippen molar-refractivity contribution in [1.82, 2.24) is 4.90 Å². The Bertz CT molecular complexity index is 375. The van der Waals surface area contributed by atoms with Crippen LogP contribution in [-0.2, 0) is 13.1 Å². The zero-order valence-corrected chi connectivity index (χ0v) is 11.7. The van der Waals surface area contributed by atoms with Crippen LogP contribution < -0.4 is 5.73 Å². The minimum Gasteiger partial charge on any atom is -0.326 e. The molecule has 0 amide bonds. The van der Waals surface area contributed by atoms with Gasteiger partial charge in [-0.3, -0.25) is 4.90 Å². The number of benzene rings is 1. The molecule has 1 fully saturated rings. The zero-order valence-electron chi connectivity index (χ0n) is 11.7. The van der Waals surface area contributed by atoms with Gasteiger partial charge in [0.25, 0.3) is 0 Å². The van der Waals surface area contributed by atoms with Crippen molar-refractivity contribution in [3.63, 3.8) is 0 Å². The Kier molecular flexibility index (Phi) is 4.79. The van der Waals surface area contributed by atoms with Crippen molar-refractivity contribution in [1.29, 1.82) is 0 Å². The molecule has 1 aliphatic heterocycles. The Morgan fingerprint density at radius 3 is 2.61 bits per heavy atom.